The standard InChI is InChI=1S/C11H17NO/c1-8-11(12-9(2)13-8)10-6-4-3-5-7-10/h10H,3-7H2,1-2H3. The summed E-state index contributed by atoms with van der Waals surface area (Å²) in [7, 11) is 0. The van der Waals surface area contributed by atoms with Gasteiger partial charge in [-0.2, -0.15) is 0 Å². The minimum absolute atomic E-state index is 0.672. The molecule has 0 aromatic carbocycles. The van der Waals surface area contributed by atoms with Crippen molar-refractivity contribution in [1.29, 1.82) is 0 Å². The molecule has 1 heterocycles. The SMILES string of the molecule is Cc1nc(C2CCCCC2)c(C)o1. The van der Waals surface area contributed by atoms with E-state index in [1.54, 1.807) is 0 Å². The normalized spacial score (nSPS) is 19.2. The van der Waals surface area contributed by atoms with Crippen molar-refractivity contribution in [3.8, 4) is 0 Å². The van der Waals surface area contributed by atoms with E-state index in [9.17, 15) is 0 Å². The van der Waals surface area contributed by atoms with Gasteiger partial charge < -0.3 is 4.42 Å². The Bertz CT molecular complexity index is 284. The van der Waals surface area contributed by atoms with Crippen LogP contribution >= 0.6 is 0 Å². The van der Waals surface area contributed by atoms with Crippen molar-refractivity contribution in [3.05, 3.63) is 17.3 Å². The first-order chi connectivity index (χ1) is 6.27. The van der Waals surface area contributed by atoms with Gasteiger partial charge in [0.05, 0.1) is 5.69 Å². The summed E-state index contributed by atoms with van der Waals surface area (Å²) in [6, 6.07) is 0. The van der Waals surface area contributed by atoms with Gasteiger partial charge in [-0.3, -0.25) is 0 Å². The van der Waals surface area contributed by atoms with Gasteiger partial charge in [0.1, 0.15) is 5.76 Å². The van der Waals surface area contributed by atoms with Gasteiger partial charge in [0.15, 0.2) is 5.89 Å². The van der Waals surface area contributed by atoms with Crippen LogP contribution in [0.3, 0.4) is 0 Å². The fourth-order valence-electron chi connectivity index (χ4n) is 2.30. The number of oxazole rings is 1. The van der Waals surface area contributed by atoms with Gasteiger partial charge in [0, 0.05) is 12.8 Å². The molecule has 0 radical (unpaired) electrons. The van der Waals surface area contributed by atoms with Crippen molar-refractivity contribution < 1.29 is 4.42 Å². The lowest BCUT2D eigenvalue weighted by atomic mass is 9.86. The van der Waals surface area contributed by atoms with Crippen LogP contribution in [0.5, 0.6) is 0 Å². The molecule has 2 nitrogen and oxygen atoms in total. The average molecular weight is 179 g/mol. The van der Waals surface area contributed by atoms with Crippen LogP contribution in [0.2, 0.25) is 0 Å². The summed E-state index contributed by atoms with van der Waals surface area (Å²) in [6.07, 6.45) is 6.71. The highest BCUT2D eigenvalue weighted by molar-refractivity contribution is 5.14. The quantitative estimate of drug-likeness (QED) is 0.660. The summed E-state index contributed by atoms with van der Waals surface area (Å²) < 4.78 is 5.46. The van der Waals surface area contributed by atoms with E-state index < -0.39 is 0 Å². The number of hydrogen-bond acceptors (Lipinski definition) is 2. The Kier molecular flexibility index (Phi) is 2.38. The molecule has 2 heteroatoms. The third-order valence-corrected chi connectivity index (χ3v) is 2.93. The highest BCUT2D eigenvalue weighted by Crippen LogP contribution is 2.33. The van der Waals surface area contributed by atoms with Crippen molar-refractivity contribution in [2.24, 2.45) is 0 Å². The first-order valence-corrected chi connectivity index (χ1v) is 5.21. The first kappa shape index (κ1) is 8.79. The minimum Gasteiger partial charge on any atom is -0.446 e. The van der Waals surface area contributed by atoms with E-state index in [1.165, 1.54) is 37.8 Å². The summed E-state index contributed by atoms with van der Waals surface area (Å²) in [5.41, 5.74) is 1.22. The third-order valence-electron chi connectivity index (χ3n) is 2.93. The van der Waals surface area contributed by atoms with Crippen LogP contribution < -0.4 is 0 Å². The van der Waals surface area contributed by atoms with Crippen molar-refractivity contribution in [2.45, 2.75) is 51.9 Å². The lowest BCUT2D eigenvalue weighted by Crippen LogP contribution is -2.06. The molecule has 2 rings (SSSR count). The smallest absolute Gasteiger partial charge is 0.191 e. The van der Waals surface area contributed by atoms with E-state index in [0.717, 1.165) is 11.7 Å². The fourth-order valence-corrected chi connectivity index (χ4v) is 2.30. The lowest BCUT2D eigenvalue weighted by Gasteiger charge is -2.19. The van der Waals surface area contributed by atoms with Gasteiger partial charge in [0.25, 0.3) is 0 Å². The molecule has 1 aliphatic rings. The Balaban J connectivity index is 2.18. The van der Waals surface area contributed by atoms with Crippen molar-refractivity contribution in [3.63, 3.8) is 0 Å². The number of nitrogens with zero attached hydrogens (tertiary/aromatic N) is 1. The van der Waals surface area contributed by atoms with Crippen LogP contribution in [-0.2, 0) is 0 Å². The molecule has 1 aromatic rings. The topological polar surface area (TPSA) is 26.0 Å². The second kappa shape index (κ2) is 3.52. The predicted molar refractivity (Wildman–Crippen MR) is 51.8 cm³/mol. The molecule has 0 atom stereocenters. The largest absolute Gasteiger partial charge is 0.446 e. The predicted octanol–water partition coefficient (Wildman–Crippen LogP) is 3.34. The molecule has 72 valence electrons. The van der Waals surface area contributed by atoms with Gasteiger partial charge in [-0.25, -0.2) is 4.98 Å². The fraction of sp³-hybridized carbons (Fsp3) is 0.727. The summed E-state index contributed by atoms with van der Waals surface area (Å²) in [5.74, 6) is 2.52. The van der Waals surface area contributed by atoms with Gasteiger partial charge in [-0.15, -0.1) is 0 Å². The molecule has 1 aromatic heterocycles. The van der Waals surface area contributed by atoms with Gasteiger partial charge in [-0.05, 0) is 19.8 Å². The maximum absolute atomic E-state index is 5.46. The Labute approximate surface area is 79.4 Å². The summed E-state index contributed by atoms with van der Waals surface area (Å²) in [5, 5.41) is 0. The van der Waals surface area contributed by atoms with E-state index in [-0.39, 0.29) is 0 Å². The van der Waals surface area contributed by atoms with E-state index in [0.29, 0.717) is 5.92 Å². The second-order valence-corrected chi connectivity index (χ2v) is 4.01. The Morgan fingerprint density at radius 3 is 2.38 bits per heavy atom. The van der Waals surface area contributed by atoms with Crippen LogP contribution in [-0.4, -0.2) is 4.98 Å². The van der Waals surface area contributed by atoms with E-state index in [4.69, 9.17) is 4.42 Å². The van der Waals surface area contributed by atoms with Crippen LogP contribution in [0.1, 0.15) is 55.4 Å². The molecule has 0 amide bonds. The number of aromatic nitrogens is 1. The molecule has 0 bridgehead atoms. The monoisotopic (exact) mass is 179 g/mol. The zero-order valence-electron chi connectivity index (χ0n) is 8.47. The highest BCUT2D eigenvalue weighted by atomic mass is 16.4. The Hall–Kier alpha value is -0.790. The Morgan fingerprint density at radius 1 is 1.15 bits per heavy atom. The zero-order valence-corrected chi connectivity index (χ0v) is 8.47. The molecule has 13 heavy (non-hydrogen) atoms. The zero-order chi connectivity index (χ0) is 9.26. The van der Waals surface area contributed by atoms with Crippen molar-refractivity contribution >= 4 is 0 Å². The number of aryl methyl sites for hydroxylation is 2. The summed E-state index contributed by atoms with van der Waals surface area (Å²) in [6.45, 7) is 3.96. The van der Waals surface area contributed by atoms with Crippen molar-refractivity contribution in [2.75, 3.05) is 0 Å². The van der Waals surface area contributed by atoms with E-state index in [1.807, 2.05) is 13.8 Å². The minimum atomic E-state index is 0.672. The van der Waals surface area contributed by atoms with E-state index in [2.05, 4.69) is 4.98 Å². The van der Waals surface area contributed by atoms with Gasteiger partial charge in [0.2, 0.25) is 0 Å². The van der Waals surface area contributed by atoms with E-state index >= 15 is 0 Å². The molecule has 0 aliphatic heterocycles. The molecule has 1 aliphatic carbocycles. The van der Waals surface area contributed by atoms with Crippen LogP contribution in [0.25, 0.3) is 0 Å². The van der Waals surface area contributed by atoms with Gasteiger partial charge in [-0.1, -0.05) is 19.3 Å². The molecule has 0 spiro atoms. The van der Waals surface area contributed by atoms with Crippen LogP contribution in [0.15, 0.2) is 4.42 Å². The van der Waals surface area contributed by atoms with Crippen LogP contribution in [0.4, 0.5) is 0 Å². The molecule has 0 saturated heterocycles. The maximum atomic E-state index is 5.46. The Morgan fingerprint density at radius 2 is 1.85 bits per heavy atom. The molecular weight excluding hydrogens is 162 g/mol. The molecule has 0 N–H and O–H groups in total. The second-order valence-electron chi connectivity index (χ2n) is 4.01. The summed E-state index contributed by atoms with van der Waals surface area (Å²) in [4.78, 5) is 4.47. The number of hydrogen-bond donors (Lipinski definition) is 0. The molecule has 0 unspecified atom stereocenters. The molecule has 1 fully saturated rings. The number of rotatable bonds is 1. The first-order valence-electron chi connectivity index (χ1n) is 5.21. The van der Waals surface area contributed by atoms with Crippen LogP contribution in [0, 0.1) is 13.8 Å². The third kappa shape index (κ3) is 1.77. The lowest BCUT2D eigenvalue weighted by molar-refractivity contribution is 0.430. The highest BCUT2D eigenvalue weighted by Gasteiger charge is 2.20. The average Bonchev–Trinajstić information content (AvgIpc) is 2.47. The molecular formula is C11H17NO. The summed E-state index contributed by atoms with van der Waals surface area (Å²) >= 11 is 0. The van der Waals surface area contributed by atoms with Gasteiger partial charge >= 0.3 is 0 Å². The molecule has 1 saturated carbocycles. The van der Waals surface area contributed by atoms with Crippen molar-refractivity contribution in [1.82, 2.24) is 4.98 Å². The maximum Gasteiger partial charge on any atom is 0.191 e.